The van der Waals surface area contributed by atoms with Crippen LogP contribution in [0.1, 0.15) is 17.2 Å². The number of hydrogen-bond donors (Lipinski definition) is 1. The van der Waals surface area contributed by atoms with Gasteiger partial charge in [-0.3, -0.25) is 0 Å². The van der Waals surface area contributed by atoms with E-state index in [9.17, 15) is 9.18 Å². The molecule has 1 heterocycles. The van der Waals surface area contributed by atoms with Gasteiger partial charge in [0.25, 0.3) is 0 Å². The third-order valence-electron chi connectivity index (χ3n) is 4.86. The maximum absolute atomic E-state index is 13.9. The van der Waals surface area contributed by atoms with Crippen molar-refractivity contribution < 1.29 is 18.7 Å². The molecular weight excluding hydrogens is 371 g/mol. The van der Waals surface area contributed by atoms with Crippen LogP contribution in [0.3, 0.4) is 0 Å². The summed E-state index contributed by atoms with van der Waals surface area (Å²) in [7, 11) is 4.96. The van der Waals surface area contributed by atoms with E-state index in [4.69, 9.17) is 9.47 Å². The molecule has 0 aliphatic carbocycles. The number of amides is 2. The first-order valence-corrected chi connectivity index (χ1v) is 9.19. The van der Waals surface area contributed by atoms with Crippen molar-refractivity contribution in [3.63, 3.8) is 0 Å². The molecule has 0 saturated heterocycles. The predicted molar refractivity (Wildman–Crippen MR) is 110 cm³/mol. The lowest BCUT2D eigenvalue weighted by Gasteiger charge is -2.30. The molecule has 3 aromatic rings. The highest BCUT2D eigenvalue weighted by molar-refractivity contribution is 5.90. The summed E-state index contributed by atoms with van der Waals surface area (Å²) in [4.78, 5) is 13.5. The Balaban J connectivity index is 1.88. The van der Waals surface area contributed by atoms with E-state index in [1.165, 1.54) is 17.0 Å². The third kappa shape index (κ3) is 3.49. The van der Waals surface area contributed by atoms with Crippen molar-refractivity contribution in [3.05, 3.63) is 77.6 Å². The number of anilines is 1. The van der Waals surface area contributed by atoms with E-state index in [0.29, 0.717) is 22.7 Å². The summed E-state index contributed by atoms with van der Waals surface area (Å²) in [5, 5.41) is 2.85. The largest absolute Gasteiger partial charge is 0.496 e. The van der Waals surface area contributed by atoms with Gasteiger partial charge < -0.3 is 19.7 Å². The van der Waals surface area contributed by atoms with Crippen LogP contribution in [0.25, 0.3) is 11.1 Å². The Morgan fingerprint density at radius 3 is 2.62 bits per heavy atom. The standard InChI is InChI=1S/C23H21FN2O3/c1-26(2)23(27)25-16-10-11-17-18(13-16)22(14-6-4-7-15(24)12-14)29-20-9-5-8-19(28-3)21(17)20/h4-13,22H,1-3H3,(H,25,27). The van der Waals surface area contributed by atoms with Gasteiger partial charge in [-0.1, -0.05) is 24.3 Å². The number of ether oxygens (including phenoxy) is 2. The minimum Gasteiger partial charge on any atom is -0.496 e. The zero-order chi connectivity index (χ0) is 20.5. The van der Waals surface area contributed by atoms with Gasteiger partial charge >= 0.3 is 6.03 Å². The highest BCUT2D eigenvalue weighted by Gasteiger charge is 2.30. The van der Waals surface area contributed by atoms with E-state index in [1.807, 2.05) is 42.5 Å². The second-order valence-electron chi connectivity index (χ2n) is 7.01. The van der Waals surface area contributed by atoms with Gasteiger partial charge in [0.05, 0.1) is 12.7 Å². The molecule has 0 spiro atoms. The first kappa shape index (κ1) is 18.8. The van der Waals surface area contributed by atoms with E-state index < -0.39 is 6.10 Å². The molecule has 3 aromatic carbocycles. The Labute approximate surface area is 168 Å². The normalized spacial score (nSPS) is 14.3. The van der Waals surface area contributed by atoms with Gasteiger partial charge in [0.1, 0.15) is 23.4 Å². The van der Waals surface area contributed by atoms with E-state index in [0.717, 1.165) is 16.7 Å². The second kappa shape index (κ2) is 7.47. The van der Waals surface area contributed by atoms with Crippen molar-refractivity contribution in [2.75, 3.05) is 26.5 Å². The van der Waals surface area contributed by atoms with Crippen molar-refractivity contribution >= 4 is 11.7 Å². The van der Waals surface area contributed by atoms with E-state index >= 15 is 0 Å². The molecule has 1 N–H and O–H groups in total. The van der Waals surface area contributed by atoms with E-state index in [1.54, 1.807) is 27.3 Å². The maximum Gasteiger partial charge on any atom is 0.321 e. The summed E-state index contributed by atoms with van der Waals surface area (Å²) in [6.45, 7) is 0. The van der Waals surface area contributed by atoms with Gasteiger partial charge in [0, 0.05) is 25.3 Å². The van der Waals surface area contributed by atoms with Crippen LogP contribution in [0, 0.1) is 5.82 Å². The lowest BCUT2D eigenvalue weighted by Crippen LogP contribution is -2.27. The maximum atomic E-state index is 13.9. The van der Waals surface area contributed by atoms with Crippen LogP contribution in [0.2, 0.25) is 0 Å². The Morgan fingerprint density at radius 1 is 1.10 bits per heavy atom. The average Bonchev–Trinajstić information content (AvgIpc) is 2.72. The Bertz CT molecular complexity index is 1080. The molecule has 0 aromatic heterocycles. The molecule has 0 bridgehead atoms. The summed E-state index contributed by atoms with van der Waals surface area (Å²) in [5.74, 6) is 1.02. The lowest BCUT2D eigenvalue weighted by molar-refractivity contribution is 0.230. The fourth-order valence-electron chi connectivity index (χ4n) is 3.47. The number of nitrogens with one attached hydrogen (secondary N) is 1. The fourth-order valence-corrected chi connectivity index (χ4v) is 3.47. The molecule has 148 valence electrons. The van der Waals surface area contributed by atoms with Crippen molar-refractivity contribution in [2.24, 2.45) is 0 Å². The molecule has 1 atom stereocenters. The molecule has 0 radical (unpaired) electrons. The molecule has 5 nitrogen and oxygen atoms in total. The summed E-state index contributed by atoms with van der Waals surface area (Å²) in [6, 6.07) is 17.3. The number of rotatable bonds is 3. The van der Waals surface area contributed by atoms with Gasteiger partial charge in [0.15, 0.2) is 0 Å². The fraction of sp³-hybridized carbons (Fsp3) is 0.174. The monoisotopic (exact) mass is 392 g/mol. The van der Waals surface area contributed by atoms with Crippen LogP contribution in [-0.2, 0) is 0 Å². The van der Waals surface area contributed by atoms with Crippen LogP contribution >= 0.6 is 0 Å². The molecular formula is C23H21FN2O3. The van der Waals surface area contributed by atoms with Crippen LogP contribution in [-0.4, -0.2) is 32.1 Å². The highest BCUT2D eigenvalue weighted by atomic mass is 19.1. The van der Waals surface area contributed by atoms with Gasteiger partial charge in [0.2, 0.25) is 0 Å². The molecule has 1 aliphatic heterocycles. The summed E-state index contributed by atoms with van der Waals surface area (Å²) in [6.07, 6.45) is -0.517. The highest BCUT2D eigenvalue weighted by Crippen LogP contribution is 2.49. The molecule has 1 aliphatic rings. The van der Waals surface area contributed by atoms with Crippen molar-refractivity contribution in [2.45, 2.75) is 6.10 Å². The predicted octanol–water partition coefficient (Wildman–Crippen LogP) is 5.08. The third-order valence-corrected chi connectivity index (χ3v) is 4.86. The summed E-state index contributed by atoms with van der Waals surface area (Å²) < 4.78 is 25.7. The summed E-state index contributed by atoms with van der Waals surface area (Å²) in [5.41, 5.74) is 3.90. The lowest BCUT2D eigenvalue weighted by atomic mass is 9.88. The smallest absolute Gasteiger partial charge is 0.321 e. The first-order chi connectivity index (χ1) is 14.0. The molecule has 4 rings (SSSR count). The average molecular weight is 392 g/mol. The number of urea groups is 1. The van der Waals surface area contributed by atoms with Crippen molar-refractivity contribution in [1.82, 2.24) is 4.90 Å². The zero-order valence-corrected chi connectivity index (χ0v) is 16.4. The van der Waals surface area contributed by atoms with E-state index in [-0.39, 0.29) is 11.8 Å². The molecule has 1 unspecified atom stereocenters. The van der Waals surface area contributed by atoms with Crippen LogP contribution in [0.15, 0.2) is 60.7 Å². The topological polar surface area (TPSA) is 50.8 Å². The number of fused-ring (bicyclic) bond motifs is 3. The molecule has 0 saturated carbocycles. The van der Waals surface area contributed by atoms with Gasteiger partial charge in [-0.15, -0.1) is 0 Å². The molecule has 29 heavy (non-hydrogen) atoms. The Hall–Kier alpha value is -3.54. The number of carbonyl (C=O) groups excluding carboxylic acids is 1. The van der Waals surface area contributed by atoms with Gasteiger partial charge in [-0.25, -0.2) is 9.18 Å². The van der Waals surface area contributed by atoms with Crippen molar-refractivity contribution in [3.8, 4) is 22.6 Å². The quantitative estimate of drug-likeness (QED) is 0.677. The Morgan fingerprint density at radius 2 is 1.90 bits per heavy atom. The number of methoxy groups -OCH3 is 1. The molecule has 0 fully saturated rings. The number of carbonyl (C=O) groups is 1. The number of halogens is 1. The molecule has 6 heteroatoms. The van der Waals surface area contributed by atoms with Crippen molar-refractivity contribution in [1.29, 1.82) is 0 Å². The minimum atomic E-state index is -0.517. The van der Waals surface area contributed by atoms with Crippen LogP contribution < -0.4 is 14.8 Å². The van der Waals surface area contributed by atoms with Crippen LogP contribution in [0.5, 0.6) is 11.5 Å². The van der Waals surface area contributed by atoms with E-state index in [2.05, 4.69) is 5.32 Å². The first-order valence-electron chi connectivity index (χ1n) is 9.19. The number of benzene rings is 3. The SMILES string of the molecule is COc1cccc2c1-c1ccc(NC(=O)N(C)C)cc1C(c1cccc(F)c1)O2. The summed E-state index contributed by atoms with van der Waals surface area (Å²) >= 11 is 0. The van der Waals surface area contributed by atoms with Gasteiger partial charge in [-0.2, -0.15) is 0 Å². The minimum absolute atomic E-state index is 0.234. The van der Waals surface area contributed by atoms with Gasteiger partial charge in [-0.05, 0) is 47.5 Å². The molecule has 2 amide bonds. The zero-order valence-electron chi connectivity index (χ0n) is 16.4. The Kier molecular flexibility index (Phi) is 4.84. The number of hydrogen-bond acceptors (Lipinski definition) is 3. The second-order valence-corrected chi connectivity index (χ2v) is 7.01. The van der Waals surface area contributed by atoms with Crippen LogP contribution in [0.4, 0.5) is 14.9 Å². The number of nitrogens with zero attached hydrogens (tertiary/aromatic N) is 1.